The zero-order chi connectivity index (χ0) is 12.9. The average Bonchev–Trinajstić information content (AvgIpc) is 2.33. The highest BCUT2D eigenvalue weighted by Gasteiger charge is 2.11. The van der Waals surface area contributed by atoms with Crippen molar-refractivity contribution in [3.63, 3.8) is 0 Å². The molecule has 0 atom stereocenters. The Hall–Kier alpha value is -1.05. The van der Waals surface area contributed by atoms with Crippen molar-refractivity contribution in [2.45, 2.75) is 32.6 Å². The molecule has 98 valence electrons. The number of aliphatic hydroxyl groups excluding tert-OH is 1. The Morgan fingerprint density at radius 1 is 1.35 bits per heavy atom. The molecule has 17 heavy (non-hydrogen) atoms. The van der Waals surface area contributed by atoms with Gasteiger partial charge in [-0.05, 0) is 6.42 Å². The van der Waals surface area contributed by atoms with Crippen molar-refractivity contribution in [2.75, 3.05) is 32.8 Å². The van der Waals surface area contributed by atoms with Gasteiger partial charge < -0.3 is 10.0 Å². The van der Waals surface area contributed by atoms with Crippen LogP contribution in [0.4, 0.5) is 0 Å². The van der Waals surface area contributed by atoms with Crippen molar-refractivity contribution in [3.8, 4) is 12.3 Å². The minimum absolute atomic E-state index is 0.00537. The molecule has 0 aromatic rings. The first-order valence-corrected chi connectivity index (χ1v) is 6.29. The largest absolute Gasteiger partial charge is 0.395 e. The molecule has 1 amide bonds. The van der Waals surface area contributed by atoms with Crippen LogP contribution in [0.1, 0.15) is 32.6 Å². The summed E-state index contributed by atoms with van der Waals surface area (Å²) in [6.45, 7) is 3.93. The Bertz CT molecular complexity index is 236. The quantitative estimate of drug-likeness (QED) is 0.434. The fourth-order valence-corrected chi connectivity index (χ4v) is 1.56. The number of amides is 1. The van der Waals surface area contributed by atoms with Crippen LogP contribution < -0.4 is 5.32 Å². The van der Waals surface area contributed by atoms with E-state index in [0.29, 0.717) is 13.1 Å². The second-order valence-electron chi connectivity index (χ2n) is 3.97. The first-order chi connectivity index (χ1) is 8.26. The lowest BCUT2D eigenvalue weighted by Crippen LogP contribution is -2.40. The van der Waals surface area contributed by atoms with E-state index in [1.807, 2.05) is 0 Å². The van der Waals surface area contributed by atoms with Crippen molar-refractivity contribution in [1.82, 2.24) is 10.2 Å². The van der Waals surface area contributed by atoms with Crippen molar-refractivity contribution < 1.29 is 9.90 Å². The van der Waals surface area contributed by atoms with Gasteiger partial charge in [0.15, 0.2) is 0 Å². The highest BCUT2D eigenvalue weighted by molar-refractivity contribution is 5.78. The molecular weight excluding hydrogens is 216 g/mol. The summed E-state index contributed by atoms with van der Waals surface area (Å²) in [6, 6.07) is 0. The molecule has 0 saturated carbocycles. The molecule has 0 radical (unpaired) electrons. The molecule has 4 nitrogen and oxygen atoms in total. The van der Waals surface area contributed by atoms with Crippen molar-refractivity contribution in [1.29, 1.82) is 0 Å². The first-order valence-electron chi connectivity index (χ1n) is 6.29. The van der Waals surface area contributed by atoms with Crippen LogP contribution in [0.3, 0.4) is 0 Å². The molecule has 4 heteroatoms. The summed E-state index contributed by atoms with van der Waals surface area (Å²) in [6.07, 6.45) is 9.58. The van der Waals surface area contributed by atoms with Crippen LogP contribution in [0, 0.1) is 12.3 Å². The lowest BCUT2D eigenvalue weighted by molar-refractivity contribution is -0.130. The van der Waals surface area contributed by atoms with Gasteiger partial charge in [0.05, 0.1) is 19.7 Å². The SMILES string of the molecule is C#CCNCC(=O)N(CCO)CCCCCC. The topological polar surface area (TPSA) is 52.6 Å². The number of nitrogens with one attached hydrogen (secondary N) is 1. The number of rotatable bonds is 10. The van der Waals surface area contributed by atoms with Crippen LogP contribution >= 0.6 is 0 Å². The molecule has 0 rings (SSSR count). The molecule has 0 aliphatic carbocycles. The fourth-order valence-electron chi connectivity index (χ4n) is 1.56. The number of hydrogen-bond donors (Lipinski definition) is 2. The Balaban J connectivity index is 3.86. The second-order valence-corrected chi connectivity index (χ2v) is 3.97. The highest BCUT2D eigenvalue weighted by Crippen LogP contribution is 2.01. The highest BCUT2D eigenvalue weighted by atomic mass is 16.3. The minimum Gasteiger partial charge on any atom is -0.395 e. The maximum Gasteiger partial charge on any atom is 0.236 e. The summed E-state index contributed by atoms with van der Waals surface area (Å²) in [5, 5.41) is 11.8. The Morgan fingerprint density at radius 3 is 2.71 bits per heavy atom. The third kappa shape index (κ3) is 8.73. The fraction of sp³-hybridized carbons (Fsp3) is 0.769. The van der Waals surface area contributed by atoms with Gasteiger partial charge in [0.2, 0.25) is 5.91 Å². The maximum atomic E-state index is 11.8. The van der Waals surface area contributed by atoms with Gasteiger partial charge >= 0.3 is 0 Å². The van der Waals surface area contributed by atoms with Crippen molar-refractivity contribution in [2.24, 2.45) is 0 Å². The van der Waals surface area contributed by atoms with Gasteiger partial charge in [-0.15, -0.1) is 6.42 Å². The number of carbonyl (C=O) groups excluding carboxylic acids is 1. The number of hydrogen-bond acceptors (Lipinski definition) is 3. The summed E-state index contributed by atoms with van der Waals surface area (Å²) >= 11 is 0. The molecule has 0 bridgehead atoms. The molecule has 0 aromatic heterocycles. The molecule has 0 fully saturated rings. The number of nitrogens with zero attached hydrogens (tertiary/aromatic N) is 1. The molecule has 0 aliphatic rings. The molecule has 0 aliphatic heterocycles. The van der Waals surface area contributed by atoms with E-state index < -0.39 is 0 Å². The third-order valence-electron chi connectivity index (χ3n) is 2.51. The van der Waals surface area contributed by atoms with Gasteiger partial charge in [0.25, 0.3) is 0 Å². The zero-order valence-corrected chi connectivity index (χ0v) is 10.7. The van der Waals surface area contributed by atoms with Crippen LogP contribution in [-0.2, 0) is 4.79 Å². The maximum absolute atomic E-state index is 11.8. The number of terminal acetylenes is 1. The van der Waals surface area contributed by atoms with Crippen molar-refractivity contribution in [3.05, 3.63) is 0 Å². The Labute approximate surface area is 104 Å². The van der Waals surface area contributed by atoms with E-state index in [9.17, 15) is 4.79 Å². The van der Waals surface area contributed by atoms with Crippen LogP contribution in [0.5, 0.6) is 0 Å². The normalized spacial score (nSPS) is 9.94. The molecular formula is C13H24N2O2. The number of aliphatic hydroxyl groups is 1. The lowest BCUT2D eigenvalue weighted by Gasteiger charge is -2.21. The van der Waals surface area contributed by atoms with E-state index >= 15 is 0 Å². The van der Waals surface area contributed by atoms with Crippen LogP contribution in [0.25, 0.3) is 0 Å². The van der Waals surface area contributed by atoms with Gasteiger partial charge in [-0.1, -0.05) is 32.1 Å². The summed E-state index contributed by atoms with van der Waals surface area (Å²) in [5.41, 5.74) is 0. The van der Waals surface area contributed by atoms with Gasteiger partial charge in [-0.3, -0.25) is 10.1 Å². The molecule has 0 aromatic carbocycles. The predicted octanol–water partition coefficient (Wildman–Crippen LogP) is 0.610. The smallest absolute Gasteiger partial charge is 0.236 e. The summed E-state index contributed by atoms with van der Waals surface area (Å²) in [7, 11) is 0. The van der Waals surface area contributed by atoms with Gasteiger partial charge in [-0.2, -0.15) is 0 Å². The van der Waals surface area contributed by atoms with Crippen molar-refractivity contribution >= 4 is 5.91 Å². The van der Waals surface area contributed by atoms with E-state index in [2.05, 4.69) is 18.2 Å². The van der Waals surface area contributed by atoms with Crippen LogP contribution in [-0.4, -0.2) is 48.7 Å². The second kappa shape index (κ2) is 11.4. The molecule has 2 N–H and O–H groups in total. The van der Waals surface area contributed by atoms with Gasteiger partial charge in [0.1, 0.15) is 0 Å². The molecule has 0 unspecified atom stereocenters. The standard InChI is InChI=1S/C13H24N2O2/c1-3-5-6-7-9-15(10-11-16)13(17)12-14-8-4-2/h2,14,16H,3,5-12H2,1H3. The average molecular weight is 240 g/mol. The third-order valence-corrected chi connectivity index (χ3v) is 2.51. The first kappa shape index (κ1) is 16.0. The van der Waals surface area contributed by atoms with Gasteiger partial charge in [0, 0.05) is 13.1 Å². The van der Waals surface area contributed by atoms with E-state index in [0.717, 1.165) is 19.4 Å². The minimum atomic E-state index is 0.00537. The number of carbonyl (C=O) groups is 1. The van der Waals surface area contributed by atoms with Crippen LogP contribution in [0.2, 0.25) is 0 Å². The molecule has 0 spiro atoms. The molecule has 0 heterocycles. The van der Waals surface area contributed by atoms with E-state index in [1.54, 1.807) is 4.90 Å². The van der Waals surface area contributed by atoms with E-state index in [-0.39, 0.29) is 19.1 Å². The van der Waals surface area contributed by atoms with Crippen LogP contribution in [0.15, 0.2) is 0 Å². The predicted molar refractivity (Wildman–Crippen MR) is 69.5 cm³/mol. The van der Waals surface area contributed by atoms with E-state index in [4.69, 9.17) is 11.5 Å². The van der Waals surface area contributed by atoms with E-state index in [1.165, 1.54) is 12.8 Å². The van der Waals surface area contributed by atoms with Gasteiger partial charge in [-0.25, -0.2) is 0 Å². The summed E-state index contributed by atoms with van der Waals surface area (Å²) < 4.78 is 0. The molecule has 0 saturated heterocycles. The monoisotopic (exact) mass is 240 g/mol. The Kier molecular flexibility index (Phi) is 10.7. The zero-order valence-electron chi connectivity index (χ0n) is 10.7. The number of unbranched alkanes of at least 4 members (excludes halogenated alkanes) is 3. The Morgan fingerprint density at radius 2 is 2.12 bits per heavy atom. The lowest BCUT2D eigenvalue weighted by atomic mass is 10.2. The summed E-state index contributed by atoms with van der Waals surface area (Å²) in [4.78, 5) is 13.4. The summed E-state index contributed by atoms with van der Waals surface area (Å²) in [5.74, 6) is 2.43.